The van der Waals surface area contributed by atoms with E-state index in [1.807, 2.05) is 0 Å². The molecule has 0 aromatic heterocycles. The van der Waals surface area contributed by atoms with Crippen molar-refractivity contribution in [3.05, 3.63) is 35.4 Å². The average Bonchev–Trinajstić information content (AvgIpc) is 2.31. The van der Waals surface area contributed by atoms with E-state index in [0.717, 1.165) is 31.0 Å². The topological polar surface area (TPSA) is 46.3 Å². The highest BCUT2D eigenvalue weighted by molar-refractivity contribution is 5.94. The van der Waals surface area contributed by atoms with Gasteiger partial charge in [-0.15, -0.1) is 12.4 Å². The molecule has 1 amide bonds. The van der Waals surface area contributed by atoms with Crippen LogP contribution >= 0.6 is 12.4 Å². The summed E-state index contributed by atoms with van der Waals surface area (Å²) in [5.41, 5.74) is 5.52. The molecule has 1 aromatic rings. The Hall–Kier alpha value is -1.20. The van der Waals surface area contributed by atoms with E-state index in [0.29, 0.717) is 13.1 Å². The third kappa shape index (κ3) is 3.17. The number of halogens is 3. The maximum absolute atomic E-state index is 13.4. The predicted octanol–water partition coefficient (Wildman–Crippen LogP) is 1.95. The van der Waals surface area contributed by atoms with Crippen LogP contribution in [0.3, 0.4) is 0 Å². The zero-order chi connectivity index (χ0) is 12.4. The van der Waals surface area contributed by atoms with Gasteiger partial charge in [-0.1, -0.05) is 0 Å². The molecule has 2 rings (SSSR count). The average molecular weight is 277 g/mol. The molecule has 100 valence electrons. The Kier molecular flexibility index (Phi) is 5.04. The summed E-state index contributed by atoms with van der Waals surface area (Å²) in [6.45, 7) is 0.942. The number of hydrogen-bond donors (Lipinski definition) is 1. The lowest BCUT2D eigenvalue weighted by atomic mass is 10.1. The van der Waals surface area contributed by atoms with Gasteiger partial charge in [0.25, 0.3) is 5.91 Å². The Bertz CT molecular complexity index is 442. The fourth-order valence-electron chi connectivity index (χ4n) is 2.03. The lowest BCUT2D eigenvalue weighted by molar-refractivity contribution is 0.0703. The molecule has 0 radical (unpaired) electrons. The molecule has 1 atom stereocenters. The zero-order valence-corrected chi connectivity index (χ0v) is 10.6. The molecule has 6 heteroatoms. The van der Waals surface area contributed by atoms with Crippen molar-refractivity contribution in [2.45, 2.75) is 18.9 Å². The molecule has 0 spiro atoms. The summed E-state index contributed by atoms with van der Waals surface area (Å²) in [5, 5.41) is 0. The maximum Gasteiger partial charge on any atom is 0.256 e. The summed E-state index contributed by atoms with van der Waals surface area (Å²) in [5.74, 6) is -1.80. The van der Waals surface area contributed by atoms with Gasteiger partial charge in [-0.05, 0) is 31.0 Å². The third-order valence-corrected chi connectivity index (χ3v) is 2.90. The summed E-state index contributed by atoms with van der Waals surface area (Å²) in [6.07, 6.45) is 1.65. The Balaban J connectivity index is 0.00000162. The van der Waals surface area contributed by atoms with Crippen molar-refractivity contribution in [1.29, 1.82) is 0 Å². The largest absolute Gasteiger partial charge is 0.337 e. The number of likely N-dealkylation sites (tertiary alicyclic amines) is 1. The Morgan fingerprint density at radius 1 is 1.39 bits per heavy atom. The van der Waals surface area contributed by atoms with E-state index < -0.39 is 17.5 Å². The lowest BCUT2D eigenvalue weighted by Crippen LogP contribution is -2.45. The van der Waals surface area contributed by atoms with Gasteiger partial charge in [0.05, 0.1) is 5.56 Å². The highest BCUT2D eigenvalue weighted by atomic mass is 35.5. The minimum atomic E-state index is -0.699. The van der Waals surface area contributed by atoms with Gasteiger partial charge < -0.3 is 10.6 Å². The van der Waals surface area contributed by atoms with Gasteiger partial charge >= 0.3 is 0 Å². The van der Waals surface area contributed by atoms with Crippen molar-refractivity contribution < 1.29 is 13.6 Å². The zero-order valence-electron chi connectivity index (χ0n) is 9.73. The van der Waals surface area contributed by atoms with Gasteiger partial charge in [-0.25, -0.2) is 8.78 Å². The number of benzene rings is 1. The fourth-order valence-corrected chi connectivity index (χ4v) is 2.03. The van der Waals surface area contributed by atoms with E-state index in [2.05, 4.69) is 0 Å². The van der Waals surface area contributed by atoms with Gasteiger partial charge in [-0.2, -0.15) is 0 Å². The molecule has 3 nitrogen and oxygen atoms in total. The first kappa shape index (κ1) is 14.9. The van der Waals surface area contributed by atoms with Crippen molar-refractivity contribution in [2.75, 3.05) is 13.1 Å². The Morgan fingerprint density at radius 2 is 2.11 bits per heavy atom. The molecule has 1 aliphatic heterocycles. The quantitative estimate of drug-likeness (QED) is 0.852. The first-order valence-corrected chi connectivity index (χ1v) is 5.58. The van der Waals surface area contributed by atoms with E-state index in [1.54, 1.807) is 0 Å². The van der Waals surface area contributed by atoms with Crippen molar-refractivity contribution in [3.8, 4) is 0 Å². The van der Waals surface area contributed by atoms with Crippen LogP contribution in [0.4, 0.5) is 8.78 Å². The second-order valence-corrected chi connectivity index (χ2v) is 4.28. The van der Waals surface area contributed by atoms with Crippen LogP contribution in [0.5, 0.6) is 0 Å². The van der Waals surface area contributed by atoms with Crippen molar-refractivity contribution in [1.82, 2.24) is 4.90 Å². The van der Waals surface area contributed by atoms with Gasteiger partial charge in [0, 0.05) is 19.1 Å². The second kappa shape index (κ2) is 6.11. The Morgan fingerprint density at radius 3 is 2.78 bits per heavy atom. The van der Waals surface area contributed by atoms with Crippen LogP contribution in [0.1, 0.15) is 23.2 Å². The molecule has 1 fully saturated rings. The molecule has 2 N–H and O–H groups in total. The molecule has 1 aromatic carbocycles. The fraction of sp³-hybridized carbons (Fsp3) is 0.417. The van der Waals surface area contributed by atoms with Crippen molar-refractivity contribution in [2.24, 2.45) is 5.73 Å². The highest BCUT2D eigenvalue weighted by Gasteiger charge is 2.24. The number of hydrogen-bond acceptors (Lipinski definition) is 2. The molecule has 0 saturated carbocycles. The molecule has 0 bridgehead atoms. The van der Waals surface area contributed by atoms with Crippen LogP contribution in [0.15, 0.2) is 18.2 Å². The van der Waals surface area contributed by atoms with Crippen LogP contribution in [0.2, 0.25) is 0 Å². The van der Waals surface area contributed by atoms with Gasteiger partial charge in [0.1, 0.15) is 11.6 Å². The number of carbonyl (C=O) groups excluding carboxylic acids is 1. The number of rotatable bonds is 1. The van der Waals surface area contributed by atoms with Crippen LogP contribution in [0, 0.1) is 11.6 Å². The summed E-state index contributed by atoms with van der Waals surface area (Å²) in [7, 11) is 0. The molecule has 1 heterocycles. The van der Waals surface area contributed by atoms with E-state index in [4.69, 9.17) is 5.73 Å². The normalized spacial score (nSPS) is 19.3. The number of amides is 1. The van der Waals surface area contributed by atoms with Crippen LogP contribution in [-0.4, -0.2) is 29.9 Å². The van der Waals surface area contributed by atoms with E-state index >= 15 is 0 Å². The molecule has 0 aliphatic carbocycles. The summed E-state index contributed by atoms with van der Waals surface area (Å²) in [6, 6.07) is 2.81. The van der Waals surface area contributed by atoms with Crippen LogP contribution < -0.4 is 5.73 Å². The first-order valence-electron chi connectivity index (χ1n) is 5.58. The molecular weight excluding hydrogens is 262 g/mol. The lowest BCUT2D eigenvalue weighted by Gasteiger charge is -2.30. The van der Waals surface area contributed by atoms with E-state index in [1.165, 1.54) is 4.90 Å². The molecule has 1 saturated heterocycles. The Labute approximate surface area is 110 Å². The smallest absolute Gasteiger partial charge is 0.256 e. The van der Waals surface area contributed by atoms with E-state index in [9.17, 15) is 13.6 Å². The monoisotopic (exact) mass is 276 g/mol. The minimum absolute atomic E-state index is 0. The summed E-state index contributed by atoms with van der Waals surface area (Å²) < 4.78 is 26.4. The molecule has 18 heavy (non-hydrogen) atoms. The summed E-state index contributed by atoms with van der Waals surface area (Å²) in [4.78, 5) is 13.5. The number of carbonyl (C=O) groups is 1. The number of nitrogens with two attached hydrogens (primary N) is 1. The van der Waals surface area contributed by atoms with Crippen LogP contribution in [0.25, 0.3) is 0 Å². The van der Waals surface area contributed by atoms with Gasteiger partial charge in [-0.3, -0.25) is 4.79 Å². The number of nitrogens with zero attached hydrogens (tertiary/aromatic N) is 1. The maximum atomic E-state index is 13.4. The second-order valence-electron chi connectivity index (χ2n) is 4.28. The standard InChI is InChI=1S/C12H14F2N2O.ClH/c13-8-3-4-11(14)10(6-8)12(17)16-5-1-2-9(15)7-16;/h3-4,6,9H,1-2,5,7,15H2;1H. The number of piperidine rings is 1. The molecular formula is C12H15ClF2N2O. The van der Waals surface area contributed by atoms with Crippen LogP contribution in [-0.2, 0) is 0 Å². The van der Waals surface area contributed by atoms with Gasteiger partial charge in [0.15, 0.2) is 0 Å². The molecule has 1 unspecified atom stereocenters. The van der Waals surface area contributed by atoms with E-state index in [-0.39, 0.29) is 24.0 Å². The first-order chi connectivity index (χ1) is 8.08. The third-order valence-electron chi connectivity index (χ3n) is 2.90. The SMILES string of the molecule is Cl.NC1CCCN(C(=O)c2cc(F)ccc2F)C1. The highest BCUT2D eigenvalue weighted by Crippen LogP contribution is 2.16. The summed E-state index contributed by atoms with van der Waals surface area (Å²) >= 11 is 0. The predicted molar refractivity (Wildman–Crippen MR) is 66.7 cm³/mol. The molecule has 1 aliphatic rings. The van der Waals surface area contributed by atoms with Gasteiger partial charge in [0.2, 0.25) is 0 Å². The minimum Gasteiger partial charge on any atom is -0.337 e. The van der Waals surface area contributed by atoms with Crippen molar-refractivity contribution in [3.63, 3.8) is 0 Å². The van der Waals surface area contributed by atoms with Crippen molar-refractivity contribution >= 4 is 18.3 Å².